The molecule has 0 spiro atoms. The highest BCUT2D eigenvalue weighted by Gasteiger charge is 2.17. The summed E-state index contributed by atoms with van der Waals surface area (Å²) >= 11 is 0. The van der Waals surface area contributed by atoms with Crippen LogP contribution in [0, 0.1) is 19.8 Å². The molecule has 0 aliphatic carbocycles. The third-order valence-corrected chi connectivity index (χ3v) is 3.88. The van der Waals surface area contributed by atoms with Crippen LogP contribution in [-0.2, 0) is 0 Å². The maximum atomic E-state index is 6.41. The van der Waals surface area contributed by atoms with Crippen LogP contribution in [0.25, 0.3) is 0 Å². The smallest absolute Gasteiger partial charge is 0.0323 e. The molecule has 1 rings (SSSR count). The van der Waals surface area contributed by atoms with Gasteiger partial charge in [0.1, 0.15) is 0 Å². The van der Waals surface area contributed by atoms with E-state index in [1.165, 1.54) is 42.4 Å². The molecule has 1 heteroatoms. The average molecular weight is 233 g/mol. The minimum absolute atomic E-state index is 0.200. The molecule has 0 saturated carbocycles. The molecule has 0 aromatic heterocycles. The van der Waals surface area contributed by atoms with Crippen molar-refractivity contribution < 1.29 is 0 Å². The first-order valence-corrected chi connectivity index (χ1v) is 6.92. The Morgan fingerprint density at radius 3 is 2.35 bits per heavy atom. The lowest BCUT2D eigenvalue weighted by Crippen LogP contribution is -2.21. The summed E-state index contributed by atoms with van der Waals surface area (Å²) in [5.74, 6) is 0.622. The van der Waals surface area contributed by atoms with Gasteiger partial charge in [-0.25, -0.2) is 0 Å². The fourth-order valence-corrected chi connectivity index (χ4v) is 2.35. The zero-order chi connectivity index (χ0) is 12.8. The third kappa shape index (κ3) is 3.85. The summed E-state index contributed by atoms with van der Waals surface area (Å²) < 4.78 is 0. The van der Waals surface area contributed by atoms with Gasteiger partial charge in [0.2, 0.25) is 0 Å². The summed E-state index contributed by atoms with van der Waals surface area (Å²) in [7, 11) is 0. The summed E-state index contributed by atoms with van der Waals surface area (Å²) in [6.45, 7) is 8.81. The Balaban J connectivity index is 2.78. The Morgan fingerprint density at radius 1 is 1.12 bits per heavy atom. The van der Waals surface area contributed by atoms with Crippen LogP contribution in [0.1, 0.15) is 62.3 Å². The van der Waals surface area contributed by atoms with E-state index in [0.29, 0.717) is 5.92 Å². The van der Waals surface area contributed by atoms with E-state index >= 15 is 0 Å². The molecule has 0 amide bonds. The van der Waals surface area contributed by atoms with Crippen LogP contribution < -0.4 is 5.73 Å². The number of aryl methyl sites for hydroxylation is 2. The molecular formula is C16H27N. The Hall–Kier alpha value is -0.820. The molecule has 0 heterocycles. The SMILES string of the molecule is CCCCC(CC)C(N)c1ccc(C)c(C)c1. The molecule has 0 saturated heterocycles. The second-order valence-electron chi connectivity index (χ2n) is 5.18. The van der Waals surface area contributed by atoms with Gasteiger partial charge in [0.25, 0.3) is 0 Å². The van der Waals surface area contributed by atoms with Gasteiger partial charge in [0, 0.05) is 6.04 Å². The number of benzene rings is 1. The number of rotatable bonds is 6. The molecule has 0 aliphatic heterocycles. The van der Waals surface area contributed by atoms with Crippen molar-refractivity contribution in [3.05, 3.63) is 34.9 Å². The van der Waals surface area contributed by atoms with Gasteiger partial charge in [-0.15, -0.1) is 0 Å². The van der Waals surface area contributed by atoms with E-state index in [1.807, 2.05) is 0 Å². The van der Waals surface area contributed by atoms with Gasteiger partial charge < -0.3 is 5.73 Å². The van der Waals surface area contributed by atoms with E-state index in [1.54, 1.807) is 0 Å². The summed E-state index contributed by atoms with van der Waals surface area (Å²) in [6.07, 6.45) is 4.97. The van der Waals surface area contributed by atoms with E-state index in [4.69, 9.17) is 5.73 Å². The predicted octanol–water partition coefficient (Wildman–Crippen LogP) is 4.52. The molecule has 1 aromatic rings. The Labute approximate surface area is 106 Å². The summed E-state index contributed by atoms with van der Waals surface area (Å²) in [4.78, 5) is 0. The topological polar surface area (TPSA) is 26.0 Å². The van der Waals surface area contributed by atoms with Gasteiger partial charge in [-0.1, -0.05) is 51.3 Å². The van der Waals surface area contributed by atoms with Crippen LogP contribution in [-0.4, -0.2) is 0 Å². The van der Waals surface area contributed by atoms with Crippen LogP contribution in [0.3, 0.4) is 0 Å². The van der Waals surface area contributed by atoms with Crippen LogP contribution in [0.5, 0.6) is 0 Å². The molecule has 1 aromatic carbocycles. The zero-order valence-electron chi connectivity index (χ0n) is 11.8. The highest BCUT2D eigenvalue weighted by atomic mass is 14.6. The fourth-order valence-electron chi connectivity index (χ4n) is 2.35. The van der Waals surface area contributed by atoms with Crippen molar-refractivity contribution in [3.63, 3.8) is 0 Å². The standard InChI is InChI=1S/C16H27N/c1-5-7-8-14(6-2)16(17)15-10-9-12(3)13(4)11-15/h9-11,14,16H,5-8,17H2,1-4H3. The van der Waals surface area contributed by atoms with Crippen molar-refractivity contribution in [1.82, 2.24) is 0 Å². The number of nitrogens with two attached hydrogens (primary N) is 1. The average Bonchev–Trinajstić information content (AvgIpc) is 2.33. The van der Waals surface area contributed by atoms with Crippen LogP contribution in [0.4, 0.5) is 0 Å². The van der Waals surface area contributed by atoms with Crippen molar-refractivity contribution in [3.8, 4) is 0 Å². The van der Waals surface area contributed by atoms with Crippen molar-refractivity contribution in [1.29, 1.82) is 0 Å². The molecule has 17 heavy (non-hydrogen) atoms. The lowest BCUT2D eigenvalue weighted by atomic mass is 9.86. The van der Waals surface area contributed by atoms with Crippen molar-refractivity contribution >= 4 is 0 Å². The highest BCUT2D eigenvalue weighted by Crippen LogP contribution is 2.27. The number of unbranched alkanes of at least 4 members (excludes halogenated alkanes) is 1. The van der Waals surface area contributed by atoms with Crippen molar-refractivity contribution in [2.75, 3.05) is 0 Å². The summed E-state index contributed by atoms with van der Waals surface area (Å²) in [6, 6.07) is 6.85. The second kappa shape index (κ2) is 6.80. The van der Waals surface area contributed by atoms with Crippen molar-refractivity contribution in [2.24, 2.45) is 11.7 Å². The van der Waals surface area contributed by atoms with E-state index in [2.05, 4.69) is 45.9 Å². The second-order valence-corrected chi connectivity index (χ2v) is 5.18. The minimum Gasteiger partial charge on any atom is -0.324 e. The normalized spacial score (nSPS) is 14.6. The minimum atomic E-state index is 0.200. The quantitative estimate of drug-likeness (QED) is 0.768. The highest BCUT2D eigenvalue weighted by molar-refractivity contribution is 5.31. The van der Waals surface area contributed by atoms with Gasteiger partial charge >= 0.3 is 0 Å². The fraction of sp³-hybridized carbons (Fsp3) is 0.625. The van der Waals surface area contributed by atoms with Crippen LogP contribution in [0.15, 0.2) is 18.2 Å². The molecule has 2 N–H and O–H groups in total. The molecule has 1 nitrogen and oxygen atoms in total. The molecule has 0 bridgehead atoms. The number of hydrogen-bond donors (Lipinski definition) is 1. The Morgan fingerprint density at radius 2 is 1.82 bits per heavy atom. The monoisotopic (exact) mass is 233 g/mol. The van der Waals surface area contributed by atoms with E-state index < -0.39 is 0 Å². The molecule has 2 unspecified atom stereocenters. The number of hydrogen-bond acceptors (Lipinski definition) is 1. The van der Waals surface area contributed by atoms with E-state index in [9.17, 15) is 0 Å². The first-order valence-electron chi connectivity index (χ1n) is 6.92. The van der Waals surface area contributed by atoms with Crippen LogP contribution in [0.2, 0.25) is 0 Å². The summed E-state index contributed by atoms with van der Waals surface area (Å²) in [5, 5.41) is 0. The van der Waals surface area contributed by atoms with Crippen LogP contribution >= 0.6 is 0 Å². The first-order chi connectivity index (χ1) is 8.10. The predicted molar refractivity (Wildman–Crippen MR) is 76.2 cm³/mol. The summed E-state index contributed by atoms with van der Waals surface area (Å²) in [5.41, 5.74) is 10.4. The lowest BCUT2D eigenvalue weighted by Gasteiger charge is -2.23. The molecule has 0 fully saturated rings. The first kappa shape index (κ1) is 14.2. The van der Waals surface area contributed by atoms with Gasteiger partial charge in [-0.05, 0) is 42.9 Å². The van der Waals surface area contributed by atoms with Gasteiger partial charge in [-0.2, -0.15) is 0 Å². The van der Waals surface area contributed by atoms with E-state index in [-0.39, 0.29) is 6.04 Å². The largest absolute Gasteiger partial charge is 0.324 e. The lowest BCUT2D eigenvalue weighted by molar-refractivity contribution is 0.378. The maximum absolute atomic E-state index is 6.41. The Bertz CT molecular complexity index is 343. The molecule has 0 aliphatic rings. The van der Waals surface area contributed by atoms with Gasteiger partial charge in [0.05, 0.1) is 0 Å². The molecule has 96 valence electrons. The van der Waals surface area contributed by atoms with Gasteiger partial charge in [0.15, 0.2) is 0 Å². The third-order valence-electron chi connectivity index (χ3n) is 3.88. The zero-order valence-corrected chi connectivity index (χ0v) is 11.8. The molecular weight excluding hydrogens is 206 g/mol. The van der Waals surface area contributed by atoms with E-state index in [0.717, 1.165) is 0 Å². The van der Waals surface area contributed by atoms with Crippen molar-refractivity contribution in [2.45, 2.75) is 59.4 Å². The molecule has 0 radical (unpaired) electrons. The van der Waals surface area contributed by atoms with Gasteiger partial charge in [-0.3, -0.25) is 0 Å². The maximum Gasteiger partial charge on any atom is 0.0323 e. The Kier molecular flexibility index (Phi) is 5.70. The molecule has 2 atom stereocenters.